The second kappa shape index (κ2) is 3.96. The molecule has 0 spiro atoms. The quantitative estimate of drug-likeness (QED) is 0.807. The number of ether oxygens (including phenoxy) is 1. The fourth-order valence-electron chi connectivity index (χ4n) is 1.31. The van der Waals surface area contributed by atoms with Crippen molar-refractivity contribution in [3.63, 3.8) is 0 Å². The van der Waals surface area contributed by atoms with E-state index in [-0.39, 0.29) is 5.75 Å². The average molecular weight is 202 g/mol. The van der Waals surface area contributed by atoms with Crippen LogP contribution in [0.2, 0.25) is 0 Å². The van der Waals surface area contributed by atoms with Gasteiger partial charge in [-0.05, 0) is 18.2 Å². The fraction of sp³-hybridized carbons (Fsp3) is 0.0909. The van der Waals surface area contributed by atoms with Crippen molar-refractivity contribution in [2.45, 2.75) is 0 Å². The molecule has 0 aliphatic carbocycles. The maximum Gasteiger partial charge on any atom is 0.128 e. The molecule has 1 N–H and O–H groups in total. The average Bonchev–Trinajstić information content (AvgIpc) is 2.30. The number of aromatic hydroxyl groups is 1. The molecule has 2 rings (SSSR count). The number of benzene rings is 1. The summed E-state index contributed by atoms with van der Waals surface area (Å²) in [5.74, 6) is 0.762. The number of phenols is 1. The Balaban J connectivity index is 2.46. The fourth-order valence-corrected chi connectivity index (χ4v) is 1.31. The Kier molecular flexibility index (Phi) is 2.49. The van der Waals surface area contributed by atoms with E-state index in [1.165, 1.54) is 6.33 Å². The Morgan fingerprint density at radius 2 is 2.13 bits per heavy atom. The number of nitrogens with zero attached hydrogens (tertiary/aromatic N) is 2. The Morgan fingerprint density at radius 3 is 2.73 bits per heavy atom. The van der Waals surface area contributed by atoms with Gasteiger partial charge >= 0.3 is 0 Å². The highest BCUT2D eigenvalue weighted by molar-refractivity contribution is 5.67. The van der Waals surface area contributed by atoms with Crippen LogP contribution >= 0.6 is 0 Å². The topological polar surface area (TPSA) is 55.2 Å². The van der Waals surface area contributed by atoms with Crippen molar-refractivity contribution in [3.8, 4) is 22.8 Å². The molecule has 1 aromatic heterocycles. The van der Waals surface area contributed by atoms with Crippen LogP contribution in [0, 0.1) is 0 Å². The summed E-state index contributed by atoms with van der Waals surface area (Å²) in [6, 6.07) is 6.83. The molecular weight excluding hydrogens is 192 g/mol. The zero-order chi connectivity index (χ0) is 10.7. The number of phenolic OH excluding ortho intramolecular Hbond substituents is 1. The van der Waals surface area contributed by atoms with E-state index in [9.17, 15) is 5.11 Å². The smallest absolute Gasteiger partial charge is 0.128 e. The lowest BCUT2D eigenvalue weighted by Crippen LogP contribution is -1.86. The summed E-state index contributed by atoms with van der Waals surface area (Å²) in [6.45, 7) is 0. The standard InChI is InChI=1S/C11H10N2O2/c1-15-8-2-3-9(11(14)6-8)10-4-5-12-7-13-10/h2-7,14H,1H3. The summed E-state index contributed by atoms with van der Waals surface area (Å²) in [7, 11) is 1.55. The minimum Gasteiger partial charge on any atom is -0.507 e. The van der Waals surface area contributed by atoms with Gasteiger partial charge in [0.25, 0.3) is 0 Å². The molecule has 0 unspecified atom stereocenters. The van der Waals surface area contributed by atoms with Crippen LogP contribution in [0.15, 0.2) is 36.8 Å². The Hall–Kier alpha value is -2.10. The van der Waals surface area contributed by atoms with Crippen LogP contribution in [0.25, 0.3) is 11.3 Å². The number of methoxy groups -OCH3 is 1. The molecule has 0 bridgehead atoms. The van der Waals surface area contributed by atoms with E-state index >= 15 is 0 Å². The maximum atomic E-state index is 9.74. The minimum absolute atomic E-state index is 0.146. The van der Waals surface area contributed by atoms with Crippen LogP contribution in [-0.2, 0) is 0 Å². The van der Waals surface area contributed by atoms with E-state index in [0.717, 1.165) is 0 Å². The number of hydrogen-bond acceptors (Lipinski definition) is 4. The lowest BCUT2D eigenvalue weighted by atomic mass is 10.1. The number of rotatable bonds is 2. The summed E-state index contributed by atoms with van der Waals surface area (Å²) < 4.78 is 4.99. The summed E-state index contributed by atoms with van der Waals surface area (Å²) in [4.78, 5) is 7.87. The second-order valence-electron chi connectivity index (χ2n) is 2.98. The normalized spacial score (nSPS) is 9.93. The van der Waals surface area contributed by atoms with E-state index in [1.807, 2.05) is 0 Å². The van der Waals surface area contributed by atoms with Gasteiger partial charge in [0.1, 0.15) is 17.8 Å². The van der Waals surface area contributed by atoms with Crippen molar-refractivity contribution < 1.29 is 9.84 Å². The van der Waals surface area contributed by atoms with Crippen LogP contribution in [0.5, 0.6) is 11.5 Å². The SMILES string of the molecule is COc1ccc(-c2ccncn2)c(O)c1. The first-order valence-electron chi connectivity index (χ1n) is 4.44. The van der Waals surface area contributed by atoms with Crippen LogP contribution in [0.3, 0.4) is 0 Å². The van der Waals surface area contributed by atoms with Gasteiger partial charge in [0.2, 0.25) is 0 Å². The largest absolute Gasteiger partial charge is 0.507 e. The third-order valence-corrected chi connectivity index (χ3v) is 2.06. The van der Waals surface area contributed by atoms with Crippen LogP contribution < -0.4 is 4.74 Å². The molecular formula is C11H10N2O2. The number of hydrogen-bond donors (Lipinski definition) is 1. The molecule has 76 valence electrons. The predicted octanol–water partition coefficient (Wildman–Crippen LogP) is 1.86. The molecule has 0 fully saturated rings. The van der Waals surface area contributed by atoms with Gasteiger partial charge in [-0.2, -0.15) is 0 Å². The van der Waals surface area contributed by atoms with Gasteiger partial charge in [0, 0.05) is 17.8 Å². The van der Waals surface area contributed by atoms with Gasteiger partial charge in [-0.1, -0.05) is 0 Å². The molecule has 0 aliphatic heterocycles. The molecule has 0 amide bonds. The first-order chi connectivity index (χ1) is 7.31. The Morgan fingerprint density at radius 1 is 1.27 bits per heavy atom. The Bertz CT molecular complexity index is 457. The first-order valence-corrected chi connectivity index (χ1v) is 4.44. The molecule has 4 nitrogen and oxygen atoms in total. The van der Waals surface area contributed by atoms with Gasteiger partial charge in [-0.25, -0.2) is 9.97 Å². The molecule has 0 saturated heterocycles. The van der Waals surface area contributed by atoms with Crippen molar-refractivity contribution >= 4 is 0 Å². The van der Waals surface area contributed by atoms with Gasteiger partial charge in [0.15, 0.2) is 0 Å². The molecule has 1 heterocycles. The predicted molar refractivity (Wildman–Crippen MR) is 55.7 cm³/mol. The lowest BCUT2D eigenvalue weighted by Gasteiger charge is -2.05. The second-order valence-corrected chi connectivity index (χ2v) is 2.98. The monoisotopic (exact) mass is 202 g/mol. The third kappa shape index (κ3) is 1.88. The number of aromatic nitrogens is 2. The van der Waals surface area contributed by atoms with E-state index in [1.54, 1.807) is 37.6 Å². The molecule has 0 aliphatic rings. The minimum atomic E-state index is 0.146. The molecule has 0 radical (unpaired) electrons. The molecule has 0 saturated carbocycles. The zero-order valence-corrected chi connectivity index (χ0v) is 8.21. The highest BCUT2D eigenvalue weighted by atomic mass is 16.5. The van der Waals surface area contributed by atoms with E-state index in [0.29, 0.717) is 17.0 Å². The molecule has 0 atom stereocenters. The van der Waals surface area contributed by atoms with Crippen molar-refractivity contribution in [2.24, 2.45) is 0 Å². The van der Waals surface area contributed by atoms with Crippen LogP contribution in [0.4, 0.5) is 0 Å². The van der Waals surface area contributed by atoms with E-state index < -0.39 is 0 Å². The van der Waals surface area contributed by atoms with Gasteiger partial charge in [-0.15, -0.1) is 0 Å². The third-order valence-electron chi connectivity index (χ3n) is 2.06. The summed E-state index contributed by atoms with van der Waals surface area (Å²) in [5.41, 5.74) is 1.35. The lowest BCUT2D eigenvalue weighted by molar-refractivity contribution is 0.408. The molecule has 15 heavy (non-hydrogen) atoms. The van der Waals surface area contributed by atoms with Crippen molar-refractivity contribution in [1.29, 1.82) is 0 Å². The van der Waals surface area contributed by atoms with E-state index in [4.69, 9.17) is 4.74 Å². The van der Waals surface area contributed by atoms with Crippen LogP contribution in [0.1, 0.15) is 0 Å². The molecule has 1 aromatic carbocycles. The summed E-state index contributed by atoms with van der Waals surface area (Å²) in [5, 5.41) is 9.74. The van der Waals surface area contributed by atoms with Crippen molar-refractivity contribution in [2.75, 3.05) is 7.11 Å². The highest BCUT2D eigenvalue weighted by Gasteiger charge is 2.05. The zero-order valence-electron chi connectivity index (χ0n) is 8.21. The Labute approximate surface area is 87.2 Å². The maximum absolute atomic E-state index is 9.74. The highest BCUT2D eigenvalue weighted by Crippen LogP contribution is 2.30. The molecule has 4 heteroatoms. The van der Waals surface area contributed by atoms with Crippen LogP contribution in [-0.4, -0.2) is 22.2 Å². The van der Waals surface area contributed by atoms with E-state index in [2.05, 4.69) is 9.97 Å². The van der Waals surface area contributed by atoms with Gasteiger partial charge in [-0.3, -0.25) is 0 Å². The van der Waals surface area contributed by atoms with Gasteiger partial charge < -0.3 is 9.84 Å². The van der Waals surface area contributed by atoms with Crippen molar-refractivity contribution in [1.82, 2.24) is 9.97 Å². The summed E-state index contributed by atoms with van der Waals surface area (Å²) >= 11 is 0. The van der Waals surface area contributed by atoms with Gasteiger partial charge in [0.05, 0.1) is 12.8 Å². The van der Waals surface area contributed by atoms with Crippen molar-refractivity contribution in [3.05, 3.63) is 36.8 Å². The first kappa shape index (κ1) is 9.45. The molecule has 2 aromatic rings. The summed E-state index contributed by atoms with van der Waals surface area (Å²) in [6.07, 6.45) is 3.07.